The molecule has 112 valence electrons. The van der Waals surface area contributed by atoms with Crippen molar-refractivity contribution in [2.75, 3.05) is 19.6 Å². The number of nitrogens with zero attached hydrogens (tertiary/aromatic N) is 1. The molecule has 1 N–H and O–H groups in total. The molecule has 1 aliphatic rings. The molecule has 0 atom stereocenters. The van der Waals surface area contributed by atoms with E-state index in [1.54, 1.807) is 18.2 Å². The molecule has 1 aromatic rings. The Morgan fingerprint density at radius 2 is 2.00 bits per heavy atom. The van der Waals surface area contributed by atoms with Crippen LogP contribution < -0.4 is 5.32 Å². The molecule has 0 unspecified atom stereocenters. The molecule has 1 saturated heterocycles. The Hall–Kier alpha value is -0.620. The average molecular weight is 317 g/mol. The zero-order valence-electron chi connectivity index (χ0n) is 11.7. The fourth-order valence-corrected chi connectivity index (χ4v) is 4.17. The van der Waals surface area contributed by atoms with Crippen molar-refractivity contribution in [1.82, 2.24) is 9.62 Å². The van der Waals surface area contributed by atoms with Gasteiger partial charge in [0.1, 0.15) is 0 Å². The predicted molar refractivity (Wildman–Crippen MR) is 81.4 cm³/mol. The molecule has 1 fully saturated rings. The van der Waals surface area contributed by atoms with Crippen LogP contribution in [0.15, 0.2) is 23.1 Å². The summed E-state index contributed by atoms with van der Waals surface area (Å²) in [4.78, 5) is 0.295. The van der Waals surface area contributed by atoms with E-state index in [9.17, 15) is 8.42 Å². The van der Waals surface area contributed by atoms with Crippen molar-refractivity contribution >= 4 is 21.6 Å². The van der Waals surface area contributed by atoms with Crippen molar-refractivity contribution in [2.24, 2.45) is 0 Å². The predicted octanol–water partition coefficient (Wildman–Crippen LogP) is 2.62. The fourth-order valence-electron chi connectivity index (χ4n) is 2.31. The molecule has 0 aromatic heterocycles. The minimum Gasteiger partial charge on any atom is -0.313 e. The number of sulfonamides is 1. The second-order valence-electron chi connectivity index (χ2n) is 5.04. The lowest BCUT2D eigenvalue weighted by molar-refractivity contribution is 0.477. The summed E-state index contributed by atoms with van der Waals surface area (Å²) in [6, 6.07) is 5.02. The topological polar surface area (TPSA) is 49.4 Å². The standard InChI is InChI=1S/C14H21ClN2O2S/c1-2-7-16-11-12-5-6-13(10-14(12)15)20(18,19)17-8-3-4-9-17/h5-6,10,16H,2-4,7-9,11H2,1H3. The van der Waals surface area contributed by atoms with E-state index < -0.39 is 10.0 Å². The molecule has 6 heteroatoms. The van der Waals surface area contributed by atoms with Crippen LogP contribution in [0.2, 0.25) is 5.02 Å². The SMILES string of the molecule is CCCNCc1ccc(S(=O)(=O)N2CCCC2)cc1Cl. The third kappa shape index (κ3) is 3.52. The largest absolute Gasteiger partial charge is 0.313 e. The molecule has 2 rings (SSSR count). The first kappa shape index (κ1) is 15.8. The number of halogens is 1. The number of benzene rings is 1. The van der Waals surface area contributed by atoms with Gasteiger partial charge in [-0.05, 0) is 43.5 Å². The monoisotopic (exact) mass is 316 g/mol. The lowest BCUT2D eigenvalue weighted by atomic mass is 10.2. The van der Waals surface area contributed by atoms with Gasteiger partial charge in [-0.2, -0.15) is 4.31 Å². The smallest absolute Gasteiger partial charge is 0.243 e. The van der Waals surface area contributed by atoms with Crippen molar-refractivity contribution < 1.29 is 8.42 Å². The van der Waals surface area contributed by atoms with Gasteiger partial charge in [0.2, 0.25) is 10.0 Å². The van der Waals surface area contributed by atoms with Gasteiger partial charge in [-0.1, -0.05) is 24.6 Å². The van der Waals surface area contributed by atoms with Gasteiger partial charge in [-0.3, -0.25) is 0 Å². The second kappa shape index (κ2) is 6.89. The van der Waals surface area contributed by atoms with Gasteiger partial charge in [-0.25, -0.2) is 8.42 Å². The van der Waals surface area contributed by atoms with Gasteiger partial charge in [-0.15, -0.1) is 0 Å². The lowest BCUT2D eigenvalue weighted by Gasteiger charge is -2.16. The molecule has 1 aromatic carbocycles. The zero-order chi connectivity index (χ0) is 14.6. The quantitative estimate of drug-likeness (QED) is 0.821. The fraction of sp³-hybridized carbons (Fsp3) is 0.571. The minimum absolute atomic E-state index is 0.295. The van der Waals surface area contributed by atoms with Crippen molar-refractivity contribution in [3.8, 4) is 0 Å². The third-order valence-electron chi connectivity index (χ3n) is 3.47. The molecule has 0 radical (unpaired) electrons. The molecule has 0 saturated carbocycles. The molecule has 1 heterocycles. The van der Waals surface area contributed by atoms with Crippen LogP contribution in [-0.2, 0) is 16.6 Å². The zero-order valence-corrected chi connectivity index (χ0v) is 13.3. The Balaban J connectivity index is 2.15. The highest BCUT2D eigenvalue weighted by Crippen LogP contribution is 2.25. The summed E-state index contributed by atoms with van der Waals surface area (Å²) in [5.74, 6) is 0. The van der Waals surface area contributed by atoms with Gasteiger partial charge >= 0.3 is 0 Å². The molecule has 4 nitrogen and oxygen atoms in total. The Labute approximate surface area is 126 Å². The van der Waals surface area contributed by atoms with E-state index in [0.29, 0.717) is 29.6 Å². The Bertz CT molecular complexity index is 554. The van der Waals surface area contributed by atoms with Gasteiger partial charge in [0.25, 0.3) is 0 Å². The molecular formula is C14H21ClN2O2S. The van der Waals surface area contributed by atoms with Crippen LogP contribution in [0.3, 0.4) is 0 Å². The Kier molecular flexibility index (Phi) is 5.43. The van der Waals surface area contributed by atoms with Crippen LogP contribution in [0.4, 0.5) is 0 Å². The van der Waals surface area contributed by atoms with E-state index in [2.05, 4.69) is 12.2 Å². The molecule has 0 bridgehead atoms. The van der Waals surface area contributed by atoms with Crippen LogP contribution in [-0.4, -0.2) is 32.4 Å². The van der Waals surface area contributed by atoms with Crippen molar-refractivity contribution in [2.45, 2.75) is 37.6 Å². The summed E-state index contributed by atoms with van der Waals surface area (Å²) in [5, 5.41) is 3.77. The van der Waals surface area contributed by atoms with Crippen LogP contribution in [0.5, 0.6) is 0 Å². The van der Waals surface area contributed by atoms with Crippen molar-refractivity contribution in [3.05, 3.63) is 28.8 Å². The molecule has 20 heavy (non-hydrogen) atoms. The first-order chi connectivity index (χ1) is 9.55. The summed E-state index contributed by atoms with van der Waals surface area (Å²) >= 11 is 6.20. The first-order valence-electron chi connectivity index (χ1n) is 7.05. The maximum absolute atomic E-state index is 12.4. The summed E-state index contributed by atoms with van der Waals surface area (Å²) in [7, 11) is -3.37. The average Bonchev–Trinajstić information content (AvgIpc) is 2.95. The highest BCUT2D eigenvalue weighted by atomic mass is 35.5. The summed E-state index contributed by atoms with van der Waals surface area (Å²) in [5.41, 5.74) is 0.931. The first-order valence-corrected chi connectivity index (χ1v) is 8.87. The van der Waals surface area contributed by atoms with Gasteiger partial charge in [0, 0.05) is 24.7 Å². The maximum Gasteiger partial charge on any atom is 0.243 e. The number of hydrogen-bond donors (Lipinski definition) is 1. The second-order valence-corrected chi connectivity index (χ2v) is 7.39. The van der Waals surface area contributed by atoms with E-state index in [-0.39, 0.29) is 0 Å². The Morgan fingerprint density at radius 3 is 2.60 bits per heavy atom. The summed E-state index contributed by atoms with van der Waals surface area (Å²) in [6.45, 7) is 4.90. The third-order valence-corrected chi connectivity index (χ3v) is 5.72. The van der Waals surface area contributed by atoms with Gasteiger partial charge in [0.05, 0.1) is 4.90 Å². The van der Waals surface area contributed by atoms with Crippen LogP contribution in [0.25, 0.3) is 0 Å². The molecule has 0 spiro atoms. The van der Waals surface area contributed by atoms with Gasteiger partial charge < -0.3 is 5.32 Å². The van der Waals surface area contributed by atoms with E-state index in [4.69, 9.17) is 11.6 Å². The summed E-state index contributed by atoms with van der Waals surface area (Å²) in [6.07, 6.45) is 2.93. The maximum atomic E-state index is 12.4. The highest BCUT2D eigenvalue weighted by Gasteiger charge is 2.27. The number of rotatable bonds is 6. The van der Waals surface area contributed by atoms with E-state index in [0.717, 1.165) is 31.4 Å². The molecule has 0 amide bonds. The molecule has 0 aliphatic carbocycles. The summed E-state index contributed by atoms with van der Waals surface area (Å²) < 4.78 is 26.4. The van der Waals surface area contributed by atoms with Crippen LogP contribution >= 0.6 is 11.6 Å². The van der Waals surface area contributed by atoms with Crippen LogP contribution in [0.1, 0.15) is 31.7 Å². The van der Waals surface area contributed by atoms with Crippen LogP contribution in [0, 0.1) is 0 Å². The minimum atomic E-state index is -3.37. The number of nitrogens with one attached hydrogen (secondary N) is 1. The van der Waals surface area contributed by atoms with Crippen molar-refractivity contribution in [3.63, 3.8) is 0 Å². The van der Waals surface area contributed by atoms with Gasteiger partial charge in [0.15, 0.2) is 0 Å². The molecule has 1 aliphatic heterocycles. The van der Waals surface area contributed by atoms with E-state index in [1.165, 1.54) is 4.31 Å². The van der Waals surface area contributed by atoms with Crippen molar-refractivity contribution in [1.29, 1.82) is 0 Å². The number of hydrogen-bond acceptors (Lipinski definition) is 3. The Morgan fingerprint density at radius 1 is 1.30 bits per heavy atom. The molecular weight excluding hydrogens is 296 g/mol. The normalized spacial score (nSPS) is 16.7. The highest BCUT2D eigenvalue weighted by molar-refractivity contribution is 7.89. The van der Waals surface area contributed by atoms with E-state index in [1.807, 2.05) is 0 Å². The van der Waals surface area contributed by atoms with E-state index >= 15 is 0 Å². The lowest BCUT2D eigenvalue weighted by Crippen LogP contribution is -2.27.